The fraction of sp³-hybridized carbons (Fsp3) is 0.143. The summed E-state index contributed by atoms with van der Waals surface area (Å²) < 4.78 is 12.7. The number of aldehydes is 1. The third-order valence-electron chi connectivity index (χ3n) is 1.22. The Kier molecular flexibility index (Phi) is 1.76. The molecular formula is C7H6FNO. The smallest absolute Gasteiger partial charge is 0.154 e. The molecule has 0 aromatic carbocycles. The summed E-state index contributed by atoms with van der Waals surface area (Å²) in [5.41, 5.74) is 0.317. The van der Waals surface area contributed by atoms with Crippen molar-refractivity contribution in [2.45, 2.75) is 6.92 Å². The molecule has 0 aliphatic rings. The predicted octanol–water partition coefficient (Wildman–Crippen LogP) is 1.34. The summed E-state index contributed by atoms with van der Waals surface area (Å²) in [6, 6.07) is 1.34. The fourth-order valence-corrected chi connectivity index (χ4v) is 0.659. The Morgan fingerprint density at radius 3 is 2.90 bits per heavy atom. The largest absolute Gasteiger partial charge is 0.298 e. The summed E-state index contributed by atoms with van der Waals surface area (Å²) in [7, 11) is 0. The third-order valence-corrected chi connectivity index (χ3v) is 1.22. The first-order valence-corrected chi connectivity index (χ1v) is 2.82. The minimum absolute atomic E-state index is 0.0625. The highest BCUT2D eigenvalue weighted by Gasteiger charge is 2.02. The molecule has 0 unspecified atom stereocenters. The summed E-state index contributed by atoms with van der Waals surface area (Å²) in [5.74, 6) is -0.530. The van der Waals surface area contributed by atoms with Crippen molar-refractivity contribution in [1.82, 2.24) is 4.98 Å². The van der Waals surface area contributed by atoms with E-state index in [0.717, 1.165) is 0 Å². The highest BCUT2D eigenvalue weighted by atomic mass is 19.1. The maximum absolute atomic E-state index is 12.7. The van der Waals surface area contributed by atoms with E-state index < -0.39 is 5.82 Å². The van der Waals surface area contributed by atoms with Crippen molar-refractivity contribution in [2.75, 3.05) is 0 Å². The second-order valence-corrected chi connectivity index (χ2v) is 1.92. The normalized spacial score (nSPS) is 9.40. The van der Waals surface area contributed by atoms with E-state index in [1.165, 1.54) is 19.2 Å². The number of hydrogen-bond donors (Lipinski definition) is 0. The molecule has 0 aliphatic heterocycles. The molecule has 0 aliphatic carbocycles. The molecule has 0 atom stereocenters. The Morgan fingerprint density at radius 1 is 1.70 bits per heavy atom. The zero-order chi connectivity index (χ0) is 7.56. The molecule has 0 saturated carbocycles. The van der Waals surface area contributed by atoms with Gasteiger partial charge in [-0.3, -0.25) is 9.78 Å². The molecule has 2 nitrogen and oxygen atoms in total. The van der Waals surface area contributed by atoms with Crippen LogP contribution in [0.15, 0.2) is 12.3 Å². The van der Waals surface area contributed by atoms with Crippen molar-refractivity contribution in [1.29, 1.82) is 0 Å². The molecule has 3 heteroatoms. The standard InChI is InChI=1S/C7H6FNO/c1-5-7(8)6(4-10)2-3-9-5/h2-4H,1H3. The van der Waals surface area contributed by atoms with Gasteiger partial charge in [-0.2, -0.15) is 0 Å². The van der Waals surface area contributed by atoms with E-state index in [2.05, 4.69) is 4.98 Å². The number of hydrogen-bond acceptors (Lipinski definition) is 2. The number of halogens is 1. The van der Waals surface area contributed by atoms with Gasteiger partial charge in [-0.05, 0) is 13.0 Å². The van der Waals surface area contributed by atoms with Gasteiger partial charge in [-0.1, -0.05) is 0 Å². The molecule has 52 valence electrons. The summed E-state index contributed by atoms with van der Waals surface area (Å²) in [6.07, 6.45) is 1.88. The van der Waals surface area contributed by atoms with Crippen LogP contribution >= 0.6 is 0 Å². The van der Waals surface area contributed by atoms with E-state index in [9.17, 15) is 9.18 Å². The Labute approximate surface area is 57.7 Å². The summed E-state index contributed by atoms with van der Waals surface area (Å²) in [6.45, 7) is 1.52. The van der Waals surface area contributed by atoms with Gasteiger partial charge in [0.2, 0.25) is 0 Å². The molecule has 10 heavy (non-hydrogen) atoms. The molecule has 1 aromatic rings. The average Bonchev–Trinajstić information content (AvgIpc) is 1.95. The number of pyridine rings is 1. The van der Waals surface area contributed by atoms with Gasteiger partial charge in [-0.25, -0.2) is 4.39 Å². The quantitative estimate of drug-likeness (QED) is 0.549. The van der Waals surface area contributed by atoms with Gasteiger partial charge in [0.05, 0.1) is 11.3 Å². The topological polar surface area (TPSA) is 30.0 Å². The summed E-state index contributed by atoms with van der Waals surface area (Å²) in [4.78, 5) is 13.8. The lowest BCUT2D eigenvalue weighted by Crippen LogP contribution is -1.93. The Hall–Kier alpha value is -1.25. The Bertz CT molecular complexity index is 260. The van der Waals surface area contributed by atoms with Crippen molar-refractivity contribution < 1.29 is 9.18 Å². The van der Waals surface area contributed by atoms with Crippen molar-refractivity contribution in [3.05, 3.63) is 29.3 Å². The minimum atomic E-state index is -0.530. The zero-order valence-electron chi connectivity index (χ0n) is 5.47. The molecule has 0 radical (unpaired) electrons. The third kappa shape index (κ3) is 1.03. The zero-order valence-corrected chi connectivity index (χ0v) is 5.47. The molecule has 0 N–H and O–H groups in total. The SMILES string of the molecule is Cc1nccc(C=O)c1F. The van der Waals surface area contributed by atoms with Gasteiger partial charge >= 0.3 is 0 Å². The van der Waals surface area contributed by atoms with Crippen molar-refractivity contribution in [3.63, 3.8) is 0 Å². The van der Waals surface area contributed by atoms with E-state index in [-0.39, 0.29) is 11.3 Å². The maximum atomic E-state index is 12.7. The number of aromatic nitrogens is 1. The molecule has 1 heterocycles. The highest BCUT2D eigenvalue weighted by Crippen LogP contribution is 2.05. The van der Waals surface area contributed by atoms with Crippen LogP contribution in [0.4, 0.5) is 4.39 Å². The van der Waals surface area contributed by atoms with Crippen LogP contribution in [0.1, 0.15) is 16.1 Å². The van der Waals surface area contributed by atoms with E-state index in [4.69, 9.17) is 0 Å². The molecule has 0 fully saturated rings. The van der Waals surface area contributed by atoms with Crippen LogP contribution in [-0.4, -0.2) is 11.3 Å². The lowest BCUT2D eigenvalue weighted by atomic mass is 10.2. The van der Waals surface area contributed by atoms with Crippen LogP contribution in [0.2, 0.25) is 0 Å². The van der Waals surface area contributed by atoms with E-state index in [1.807, 2.05) is 0 Å². The van der Waals surface area contributed by atoms with Crippen LogP contribution < -0.4 is 0 Å². The van der Waals surface area contributed by atoms with Gasteiger partial charge < -0.3 is 0 Å². The van der Waals surface area contributed by atoms with Gasteiger partial charge in [-0.15, -0.1) is 0 Å². The molecule has 0 bridgehead atoms. The van der Waals surface area contributed by atoms with E-state index in [0.29, 0.717) is 6.29 Å². The predicted molar refractivity (Wildman–Crippen MR) is 34.3 cm³/mol. The van der Waals surface area contributed by atoms with Gasteiger partial charge in [0, 0.05) is 6.20 Å². The van der Waals surface area contributed by atoms with Crippen LogP contribution in [-0.2, 0) is 0 Å². The Balaban J connectivity index is 3.27. The lowest BCUT2D eigenvalue weighted by Gasteiger charge is -1.94. The first-order valence-electron chi connectivity index (χ1n) is 2.82. The van der Waals surface area contributed by atoms with Crippen LogP contribution in [0.5, 0.6) is 0 Å². The van der Waals surface area contributed by atoms with E-state index >= 15 is 0 Å². The average molecular weight is 139 g/mol. The number of nitrogens with zero attached hydrogens (tertiary/aromatic N) is 1. The summed E-state index contributed by atoms with van der Waals surface area (Å²) >= 11 is 0. The maximum Gasteiger partial charge on any atom is 0.154 e. The van der Waals surface area contributed by atoms with Crippen LogP contribution in [0, 0.1) is 12.7 Å². The van der Waals surface area contributed by atoms with Crippen LogP contribution in [0.25, 0.3) is 0 Å². The molecule has 1 rings (SSSR count). The van der Waals surface area contributed by atoms with Crippen LogP contribution in [0.3, 0.4) is 0 Å². The molecule has 0 amide bonds. The minimum Gasteiger partial charge on any atom is -0.298 e. The van der Waals surface area contributed by atoms with Gasteiger partial charge in [0.25, 0.3) is 0 Å². The first-order chi connectivity index (χ1) is 4.75. The summed E-state index contributed by atoms with van der Waals surface area (Å²) in [5, 5.41) is 0. The van der Waals surface area contributed by atoms with Gasteiger partial charge in [0.15, 0.2) is 12.1 Å². The molecule has 0 saturated heterocycles. The second-order valence-electron chi connectivity index (χ2n) is 1.92. The molecule has 1 aromatic heterocycles. The Morgan fingerprint density at radius 2 is 2.40 bits per heavy atom. The number of rotatable bonds is 1. The number of carbonyl (C=O) groups is 1. The van der Waals surface area contributed by atoms with Crippen molar-refractivity contribution in [3.8, 4) is 0 Å². The van der Waals surface area contributed by atoms with Crippen molar-refractivity contribution in [2.24, 2.45) is 0 Å². The second kappa shape index (κ2) is 2.56. The molecular weight excluding hydrogens is 133 g/mol. The fourth-order valence-electron chi connectivity index (χ4n) is 0.659. The van der Waals surface area contributed by atoms with E-state index in [1.54, 1.807) is 0 Å². The number of carbonyl (C=O) groups excluding carboxylic acids is 1. The first kappa shape index (κ1) is 6.86. The lowest BCUT2D eigenvalue weighted by molar-refractivity contribution is 0.111. The monoisotopic (exact) mass is 139 g/mol. The van der Waals surface area contributed by atoms with Crippen molar-refractivity contribution >= 4 is 6.29 Å². The highest BCUT2D eigenvalue weighted by molar-refractivity contribution is 5.75. The van der Waals surface area contributed by atoms with Gasteiger partial charge in [0.1, 0.15) is 0 Å². The molecule has 0 spiro atoms. The number of aryl methyl sites for hydroxylation is 1.